The fourth-order valence-corrected chi connectivity index (χ4v) is 4.58. The first-order valence-corrected chi connectivity index (χ1v) is 9.89. The number of imidazole rings is 1. The van der Waals surface area contributed by atoms with Crippen molar-refractivity contribution in [1.29, 1.82) is 0 Å². The summed E-state index contributed by atoms with van der Waals surface area (Å²) in [5.74, 6) is 2.69. The van der Waals surface area contributed by atoms with E-state index in [1.54, 1.807) is 0 Å². The summed E-state index contributed by atoms with van der Waals surface area (Å²) in [5, 5.41) is 9.03. The van der Waals surface area contributed by atoms with Gasteiger partial charge in [-0.1, -0.05) is 25.7 Å². The molecule has 25 heavy (non-hydrogen) atoms. The first kappa shape index (κ1) is 16.8. The first-order valence-electron chi connectivity index (χ1n) is 9.89. The van der Waals surface area contributed by atoms with Gasteiger partial charge in [0.1, 0.15) is 5.82 Å². The number of aromatic nitrogens is 5. The van der Waals surface area contributed by atoms with Crippen LogP contribution in [0.2, 0.25) is 0 Å². The highest BCUT2D eigenvalue weighted by atomic mass is 15.3. The second-order valence-electron chi connectivity index (χ2n) is 7.75. The summed E-state index contributed by atoms with van der Waals surface area (Å²) in [6.07, 6.45) is 16.6. The third-order valence-corrected chi connectivity index (χ3v) is 6.04. The van der Waals surface area contributed by atoms with Crippen LogP contribution in [-0.2, 0) is 13.6 Å². The maximum absolute atomic E-state index is 4.57. The minimum atomic E-state index is 0.519. The van der Waals surface area contributed by atoms with E-state index in [1.165, 1.54) is 57.9 Å². The summed E-state index contributed by atoms with van der Waals surface area (Å²) in [6.45, 7) is 3.16. The van der Waals surface area contributed by atoms with Gasteiger partial charge >= 0.3 is 0 Å². The summed E-state index contributed by atoms with van der Waals surface area (Å²) in [6, 6.07) is 0.795. The molecule has 1 saturated carbocycles. The Kier molecular flexibility index (Phi) is 5.15. The van der Waals surface area contributed by atoms with E-state index in [4.69, 9.17) is 0 Å². The SMILES string of the molecule is Cn1c(Cn2ccnc2)nnc1C1CCCN(C2CCCCCC2)C1. The van der Waals surface area contributed by atoms with Crippen LogP contribution in [0.15, 0.2) is 18.7 Å². The Labute approximate surface area is 150 Å². The summed E-state index contributed by atoms with van der Waals surface area (Å²) in [4.78, 5) is 6.87. The molecule has 2 aromatic heterocycles. The largest absolute Gasteiger partial charge is 0.330 e. The number of likely N-dealkylation sites (tertiary alicyclic amines) is 1. The standard InChI is InChI=1S/C19H30N6/c1-23-18(14-24-12-10-20-15-24)21-22-19(23)16-7-6-11-25(13-16)17-8-4-2-3-5-9-17/h10,12,15-17H,2-9,11,13-14H2,1H3. The van der Waals surface area contributed by atoms with Gasteiger partial charge in [-0.05, 0) is 32.2 Å². The van der Waals surface area contributed by atoms with Crippen LogP contribution in [-0.4, -0.2) is 48.3 Å². The molecule has 0 radical (unpaired) electrons. The van der Waals surface area contributed by atoms with Crippen molar-refractivity contribution in [3.8, 4) is 0 Å². The van der Waals surface area contributed by atoms with Crippen LogP contribution in [0.5, 0.6) is 0 Å². The molecular weight excluding hydrogens is 312 g/mol. The minimum Gasteiger partial charge on any atom is -0.330 e. The lowest BCUT2D eigenvalue weighted by atomic mass is 9.94. The average molecular weight is 342 g/mol. The topological polar surface area (TPSA) is 51.8 Å². The van der Waals surface area contributed by atoms with Crippen LogP contribution in [0.4, 0.5) is 0 Å². The van der Waals surface area contributed by atoms with E-state index in [1.807, 2.05) is 23.3 Å². The van der Waals surface area contributed by atoms with Crippen molar-refractivity contribution in [1.82, 2.24) is 29.2 Å². The third kappa shape index (κ3) is 3.78. The zero-order valence-electron chi connectivity index (χ0n) is 15.3. The van der Waals surface area contributed by atoms with Crippen LogP contribution < -0.4 is 0 Å². The zero-order valence-corrected chi connectivity index (χ0v) is 15.3. The van der Waals surface area contributed by atoms with Crippen molar-refractivity contribution >= 4 is 0 Å². The van der Waals surface area contributed by atoms with E-state index in [0.717, 1.165) is 30.8 Å². The first-order chi connectivity index (χ1) is 12.3. The minimum absolute atomic E-state index is 0.519. The molecule has 1 unspecified atom stereocenters. The second-order valence-corrected chi connectivity index (χ2v) is 7.75. The summed E-state index contributed by atoms with van der Waals surface area (Å²) >= 11 is 0. The molecule has 6 nitrogen and oxygen atoms in total. The van der Waals surface area contributed by atoms with E-state index >= 15 is 0 Å². The Bertz CT molecular complexity index is 654. The molecule has 0 aromatic carbocycles. The Morgan fingerprint density at radius 1 is 1.04 bits per heavy atom. The molecule has 0 spiro atoms. The van der Waals surface area contributed by atoms with Crippen molar-refractivity contribution in [2.75, 3.05) is 13.1 Å². The monoisotopic (exact) mass is 342 g/mol. The summed E-state index contributed by atoms with van der Waals surface area (Å²) < 4.78 is 4.26. The number of rotatable bonds is 4. The van der Waals surface area contributed by atoms with E-state index < -0.39 is 0 Å². The molecule has 0 N–H and O–H groups in total. The average Bonchev–Trinajstić information content (AvgIpc) is 3.18. The molecule has 2 fully saturated rings. The molecule has 0 bridgehead atoms. The maximum atomic E-state index is 4.57. The van der Waals surface area contributed by atoms with Crippen molar-refractivity contribution in [3.63, 3.8) is 0 Å². The molecular formula is C19H30N6. The molecule has 1 aliphatic carbocycles. The summed E-state index contributed by atoms with van der Waals surface area (Å²) in [5.41, 5.74) is 0. The van der Waals surface area contributed by atoms with Crippen molar-refractivity contribution in [2.45, 2.75) is 69.9 Å². The lowest BCUT2D eigenvalue weighted by molar-refractivity contribution is 0.132. The van der Waals surface area contributed by atoms with Crippen LogP contribution in [0.3, 0.4) is 0 Å². The van der Waals surface area contributed by atoms with Gasteiger partial charge in [0.05, 0.1) is 12.9 Å². The van der Waals surface area contributed by atoms with Crippen LogP contribution in [0.25, 0.3) is 0 Å². The molecule has 2 aromatic rings. The Balaban J connectivity index is 1.45. The van der Waals surface area contributed by atoms with Gasteiger partial charge in [-0.25, -0.2) is 4.98 Å². The van der Waals surface area contributed by atoms with E-state index in [0.29, 0.717) is 5.92 Å². The van der Waals surface area contributed by atoms with Gasteiger partial charge in [0.2, 0.25) is 0 Å². The van der Waals surface area contributed by atoms with Gasteiger partial charge < -0.3 is 9.13 Å². The third-order valence-electron chi connectivity index (χ3n) is 6.04. The molecule has 2 aliphatic rings. The van der Waals surface area contributed by atoms with Crippen LogP contribution in [0.1, 0.15) is 68.9 Å². The van der Waals surface area contributed by atoms with E-state index in [2.05, 4.69) is 31.7 Å². The highest BCUT2D eigenvalue weighted by Gasteiger charge is 2.29. The highest BCUT2D eigenvalue weighted by Crippen LogP contribution is 2.30. The number of hydrogen-bond donors (Lipinski definition) is 0. The quantitative estimate of drug-likeness (QED) is 0.802. The number of hydrogen-bond acceptors (Lipinski definition) is 4. The molecule has 1 aliphatic heterocycles. The van der Waals surface area contributed by atoms with Crippen molar-refractivity contribution < 1.29 is 0 Å². The smallest absolute Gasteiger partial charge is 0.152 e. The lowest BCUT2D eigenvalue weighted by Crippen LogP contribution is -2.42. The predicted molar refractivity (Wildman–Crippen MR) is 97.4 cm³/mol. The van der Waals surface area contributed by atoms with Gasteiger partial charge in [0.15, 0.2) is 5.82 Å². The van der Waals surface area contributed by atoms with Gasteiger partial charge in [-0.2, -0.15) is 0 Å². The normalized spacial score (nSPS) is 23.6. The number of nitrogens with zero attached hydrogens (tertiary/aromatic N) is 6. The predicted octanol–water partition coefficient (Wildman–Crippen LogP) is 2.96. The zero-order chi connectivity index (χ0) is 17.1. The van der Waals surface area contributed by atoms with Gasteiger partial charge in [0, 0.05) is 37.9 Å². The molecule has 1 atom stereocenters. The second kappa shape index (κ2) is 7.68. The molecule has 136 valence electrons. The van der Waals surface area contributed by atoms with Crippen molar-refractivity contribution in [3.05, 3.63) is 30.4 Å². The Morgan fingerprint density at radius 3 is 2.64 bits per heavy atom. The molecule has 0 amide bonds. The Hall–Kier alpha value is -1.69. The molecule has 6 heteroatoms. The summed E-state index contributed by atoms with van der Waals surface area (Å²) in [7, 11) is 2.12. The van der Waals surface area contributed by atoms with E-state index in [9.17, 15) is 0 Å². The molecule has 1 saturated heterocycles. The molecule has 4 rings (SSSR count). The van der Waals surface area contributed by atoms with E-state index in [-0.39, 0.29) is 0 Å². The number of piperidine rings is 1. The van der Waals surface area contributed by atoms with Gasteiger partial charge in [-0.3, -0.25) is 4.90 Å². The molecule has 3 heterocycles. The maximum Gasteiger partial charge on any atom is 0.152 e. The lowest BCUT2D eigenvalue weighted by Gasteiger charge is -2.37. The fraction of sp³-hybridized carbons (Fsp3) is 0.737. The van der Waals surface area contributed by atoms with Crippen LogP contribution in [0, 0.1) is 0 Å². The Morgan fingerprint density at radius 2 is 1.88 bits per heavy atom. The van der Waals surface area contributed by atoms with Gasteiger partial charge in [0.25, 0.3) is 0 Å². The van der Waals surface area contributed by atoms with Crippen molar-refractivity contribution in [2.24, 2.45) is 7.05 Å². The van der Waals surface area contributed by atoms with Crippen LogP contribution >= 0.6 is 0 Å². The van der Waals surface area contributed by atoms with Gasteiger partial charge in [-0.15, -0.1) is 10.2 Å². The highest BCUT2D eigenvalue weighted by molar-refractivity contribution is 5.05. The fourth-order valence-electron chi connectivity index (χ4n) is 4.58.